The summed E-state index contributed by atoms with van der Waals surface area (Å²) in [4.78, 5) is 1.23. The second-order valence-electron chi connectivity index (χ2n) is 6.37. The van der Waals surface area contributed by atoms with Crippen LogP contribution < -0.4 is 15.2 Å². The minimum atomic E-state index is 0.240. The predicted molar refractivity (Wildman–Crippen MR) is 82.7 cm³/mol. The molecule has 2 unspecified atom stereocenters. The highest BCUT2D eigenvalue weighted by Crippen LogP contribution is 2.43. The minimum absolute atomic E-state index is 0.240. The van der Waals surface area contributed by atoms with E-state index in [1.807, 2.05) is 17.8 Å². The summed E-state index contributed by atoms with van der Waals surface area (Å²) in [6.45, 7) is 5.85. The fraction of sp³-hybridized carbons (Fsp3) is 0.625. The van der Waals surface area contributed by atoms with Crippen molar-refractivity contribution < 1.29 is 9.47 Å². The van der Waals surface area contributed by atoms with Crippen LogP contribution in [0.5, 0.6) is 11.5 Å². The van der Waals surface area contributed by atoms with E-state index < -0.39 is 0 Å². The van der Waals surface area contributed by atoms with Crippen molar-refractivity contribution in [2.24, 2.45) is 11.1 Å². The van der Waals surface area contributed by atoms with Crippen LogP contribution in [-0.2, 0) is 0 Å². The zero-order chi connectivity index (χ0) is 14.2. The highest BCUT2D eigenvalue weighted by atomic mass is 32.2. The summed E-state index contributed by atoms with van der Waals surface area (Å²) >= 11 is 1.89. The molecule has 1 aromatic carbocycles. The van der Waals surface area contributed by atoms with E-state index in [4.69, 9.17) is 15.2 Å². The third-order valence-electron chi connectivity index (χ3n) is 4.41. The van der Waals surface area contributed by atoms with Gasteiger partial charge >= 0.3 is 0 Å². The van der Waals surface area contributed by atoms with Crippen LogP contribution in [0.25, 0.3) is 0 Å². The highest BCUT2D eigenvalue weighted by Gasteiger charge is 2.36. The molecule has 1 saturated carbocycles. The number of nitrogens with two attached hydrogens (primary N) is 1. The number of fused-ring (bicyclic) bond motifs is 1. The van der Waals surface area contributed by atoms with Crippen LogP contribution >= 0.6 is 11.8 Å². The van der Waals surface area contributed by atoms with Crippen molar-refractivity contribution >= 4 is 11.8 Å². The Bertz CT molecular complexity index is 489. The molecule has 20 heavy (non-hydrogen) atoms. The summed E-state index contributed by atoms with van der Waals surface area (Å²) in [6, 6.07) is 6.46. The van der Waals surface area contributed by atoms with Crippen molar-refractivity contribution in [3.8, 4) is 11.5 Å². The number of benzene rings is 1. The van der Waals surface area contributed by atoms with Gasteiger partial charge in [-0.1, -0.05) is 20.3 Å². The second kappa shape index (κ2) is 5.49. The topological polar surface area (TPSA) is 44.5 Å². The molecule has 3 nitrogen and oxygen atoms in total. The van der Waals surface area contributed by atoms with E-state index in [1.54, 1.807) is 0 Å². The second-order valence-corrected chi connectivity index (χ2v) is 7.68. The van der Waals surface area contributed by atoms with Crippen LogP contribution in [0.15, 0.2) is 23.1 Å². The largest absolute Gasteiger partial charge is 0.486 e. The van der Waals surface area contributed by atoms with E-state index in [9.17, 15) is 0 Å². The highest BCUT2D eigenvalue weighted by molar-refractivity contribution is 8.00. The lowest BCUT2D eigenvalue weighted by Gasteiger charge is -2.41. The summed E-state index contributed by atoms with van der Waals surface area (Å²) in [6.07, 6.45) is 3.69. The van der Waals surface area contributed by atoms with Crippen LogP contribution in [0.2, 0.25) is 0 Å². The lowest BCUT2D eigenvalue weighted by atomic mass is 9.73. The van der Waals surface area contributed by atoms with Gasteiger partial charge in [-0.3, -0.25) is 0 Å². The van der Waals surface area contributed by atoms with E-state index in [1.165, 1.54) is 24.2 Å². The van der Waals surface area contributed by atoms with Gasteiger partial charge < -0.3 is 15.2 Å². The van der Waals surface area contributed by atoms with Gasteiger partial charge in [0.2, 0.25) is 0 Å². The van der Waals surface area contributed by atoms with Gasteiger partial charge in [-0.25, -0.2) is 0 Å². The molecule has 3 rings (SSSR count). The predicted octanol–water partition coefficient (Wildman–Crippen LogP) is 3.46. The van der Waals surface area contributed by atoms with Crippen LogP contribution in [0.3, 0.4) is 0 Å². The van der Waals surface area contributed by atoms with Gasteiger partial charge in [0, 0.05) is 16.2 Å². The molecule has 2 N–H and O–H groups in total. The summed E-state index contributed by atoms with van der Waals surface area (Å²) in [7, 11) is 0. The van der Waals surface area contributed by atoms with Gasteiger partial charge in [0.15, 0.2) is 11.5 Å². The minimum Gasteiger partial charge on any atom is -0.486 e. The van der Waals surface area contributed by atoms with Crippen molar-refractivity contribution in [1.82, 2.24) is 0 Å². The van der Waals surface area contributed by atoms with Crippen molar-refractivity contribution in [1.29, 1.82) is 0 Å². The fourth-order valence-corrected chi connectivity index (χ4v) is 4.48. The quantitative estimate of drug-likeness (QED) is 0.907. The Morgan fingerprint density at radius 3 is 2.75 bits per heavy atom. The molecule has 1 aliphatic carbocycles. The number of thioether (sulfide) groups is 1. The lowest BCUT2D eigenvalue weighted by molar-refractivity contribution is 0.171. The van der Waals surface area contributed by atoms with Crippen LogP contribution in [0.4, 0.5) is 0 Å². The standard InChI is InChI=1S/C16H23NO2S/c1-16(2)7-3-4-14(15(16)17)20-11-5-6-12-13(10-11)19-9-8-18-12/h5-6,10,14-15H,3-4,7-9,17H2,1-2H3. The summed E-state index contributed by atoms with van der Waals surface area (Å²) in [5.41, 5.74) is 6.71. The molecule has 0 saturated heterocycles. The van der Waals surface area contributed by atoms with Crippen LogP contribution in [0, 0.1) is 5.41 Å². The summed E-state index contributed by atoms with van der Waals surface area (Å²) in [5.74, 6) is 1.72. The molecule has 0 amide bonds. The van der Waals surface area contributed by atoms with E-state index >= 15 is 0 Å². The molecule has 1 fully saturated rings. The third-order valence-corrected chi connectivity index (χ3v) is 5.77. The van der Waals surface area contributed by atoms with E-state index in [0.717, 1.165) is 11.5 Å². The van der Waals surface area contributed by atoms with Crippen molar-refractivity contribution in [3.63, 3.8) is 0 Å². The first-order valence-electron chi connectivity index (χ1n) is 7.38. The maximum absolute atomic E-state index is 6.47. The van der Waals surface area contributed by atoms with Gasteiger partial charge in [0.05, 0.1) is 0 Å². The van der Waals surface area contributed by atoms with Crippen molar-refractivity contribution in [2.45, 2.75) is 49.3 Å². The maximum atomic E-state index is 6.47. The molecule has 1 aromatic rings. The van der Waals surface area contributed by atoms with Crippen LogP contribution in [-0.4, -0.2) is 24.5 Å². The van der Waals surface area contributed by atoms with Gasteiger partial charge in [-0.2, -0.15) is 0 Å². The van der Waals surface area contributed by atoms with E-state index in [0.29, 0.717) is 18.5 Å². The Morgan fingerprint density at radius 1 is 1.20 bits per heavy atom. The first-order chi connectivity index (χ1) is 9.56. The SMILES string of the molecule is CC1(C)CCCC(Sc2ccc3c(c2)OCCO3)C1N. The monoisotopic (exact) mass is 293 g/mol. The molecule has 0 aromatic heterocycles. The smallest absolute Gasteiger partial charge is 0.162 e. The normalized spacial score (nSPS) is 28.1. The molecular weight excluding hydrogens is 270 g/mol. The Labute approximate surface area is 125 Å². The number of hydrogen-bond donors (Lipinski definition) is 1. The lowest BCUT2D eigenvalue weighted by Crippen LogP contribution is -2.48. The molecule has 2 aliphatic rings. The molecular formula is C16H23NO2S. The van der Waals surface area contributed by atoms with Crippen molar-refractivity contribution in [2.75, 3.05) is 13.2 Å². The maximum Gasteiger partial charge on any atom is 0.162 e. The zero-order valence-electron chi connectivity index (χ0n) is 12.2. The molecule has 0 bridgehead atoms. The summed E-state index contributed by atoms with van der Waals surface area (Å²) < 4.78 is 11.2. The van der Waals surface area contributed by atoms with E-state index in [2.05, 4.69) is 26.0 Å². The molecule has 1 aliphatic heterocycles. The molecule has 4 heteroatoms. The van der Waals surface area contributed by atoms with E-state index in [-0.39, 0.29) is 11.5 Å². The first kappa shape index (κ1) is 14.1. The third kappa shape index (κ3) is 2.77. The fourth-order valence-electron chi connectivity index (χ4n) is 3.01. The average molecular weight is 293 g/mol. The Balaban J connectivity index is 1.74. The molecule has 110 valence electrons. The number of hydrogen-bond acceptors (Lipinski definition) is 4. The number of rotatable bonds is 2. The summed E-state index contributed by atoms with van der Waals surface area (Å²) in [5, 5.41) is 0.487. The Hall–Kier alpha value is -0.870. The molecule has 0 spiro atoms. The first-order valence-corrected chi connectivity index (χ1v) is 8.26. The average Bonchev–Trinajstić information content (AvgIpc) is 2.44. The van der Waals surface area contributed by atoms with Gasteiger partial charge in [0.25, 0.3) is 0 Å². The van der Waals surface area contributed by atoms with Crippen molar-refractivity contribution in [3.05, 3.63) is 18.2 Å². The van der Waals surface area contributed by atoms with Gasteiger partial charge in [-0.15, -0.1) is 11.8 Å². The number of ether oxygens (including phenoxy) is 2. The van der Waals surface area contributed by atoms with Gasteiger partial charge in [0.1, 0.15) is 13.2 Å². The molecule has 1 heterocycles. The molecule has 0 radical (unpaired) electrons. The van der Waals surface area contributed by atoms with Gasteiger partial charge in [-0.05, 0) is 36.5 Å². The Kier molecular flexibility index (Phi) is 3.87. The Morgan fingerprint density at radius 2 is 1.95 bits per heavy atom. The molecule has 2 atom stereocenters. The van der Waals surface area contributed by atoms with Crippen LogP contribution in [0.1, 0.15) is 33.1 Å². The zero-order valence-corrected chi connectivity index (χ0v) is 13.0.